The van der Waals surface area contributed by atoms with E-state index in [1.165, 1.54) is 0 Å². The predicted octanol–water partition coefficient (Wildman–Crippen LogP) is 2.18. The average molecular weight is 304 g/mol. The number of hydrogen-bond acceptors (Lipinski definition) is 4. The highest BCUT2D eigenvalue weighted by Crippen LogP contribution is 2.30. The third-order valence-corrected chi connectivity index (χ3v) is 3.70. The molecule has 0 saturated heterocycles. The maximum absolute atomic E-state index is 13.6. The molecule has 1 aromatic carbocycles. The van der Waals surface area contributed by atoms with Gasteiger partial charge in [0.1, 0.15) is 11.6 Å². The Morgan fingerprint density at radius 3 is 2.60 bits per heavy atom. The van der Waals surface area contributed by atoms with Crippen LogP contribution in [0.2, 0.25) is 0 Å². The first-order valence-corrected chi connectivity index (χ1v) is 7.01. The lowest BCUT2D eigenvalue weighted by Crippen LogP contribution is -2.32. The molecule has 3 N–H and O–H groups in total. The molecule has 0 bridgehead atoms. The number of hydrogen-bond donors (Lipinski definition) is 2. The fourth-order valence-corrected chi connectivity index (χ4v) is 2.38. The molecule has 0 aliphatic carbocycles. The lowest BCUT2D eigenvalue weighted by molar-refractivity contribution is -0.120. The molecule has 20 heavy (non-hydrogen) atoms. The average Bonchev–Trinajstić information content (AvgIpc) is 2.38. The fraction of sp³-hybridized carbons (Fsp3) is 0.462. The highest BCUT2D eigenvalue weighted by Gasteiger charge is 2.19. The first kappa shape index (κ1) is 16.7. The van der Waals surface area contributed by atoms with Crippen LogP contribution in [0.1, 0.15) is 13.3 Å². The van der Waals surface area contributed by atoms with Gasteiger partial charge in [0.25, 0.3) is 0 Å². The van der Waals surface area contributed by atoms with E-state index in [4.69, 9.17) is 10.5 Å². The van der Waals surface area contributed by atoms with Crippen molar-refractivity contribution >= 4 is 23.4 Å². The van der Waals surface area contributed by atoms with Gasteiger partial charge in [-0.05, 0) is 25.5 Å². The standard InChI is InChI=1S/C13H18F2N2O2S/c1-8(13(18)17-4-3-5-19-2)20-12-10(14)6-9(16)7-11(12)15/h6-8H,3-5,16H2,1-2H3,(H,17,18). The molecule has 0 spiro atoms. The van der Waals surface area contributed by atoms with Crippen LogP contribution < -0.4 is 11.1 Å². The number of amides is 1. The van der Waals surface area contributed by atoms with Gasteiger partial charge < -0.3 is 15.8 Å². The minimum absolute atomic E-state index is 0.0148. The van der Waals surface area contributed by atoms with E-state index in [2.05, 4.69) is 5.32 Å². The highest BCUT2D eigenvalue weighted by atomic mass is 32.2. The predicted molar refractivity (Wildman–Crippen MR) is 75.6 cm³/mol. The van der Waals surface area contributed by atoms with Crippen molar-refractivity contribution < 1.29 is 18.3 Å². The Bertz CT molecular complexity index is 449. The van der Waals surface area contributed by atoms with Crippen LogP contribution in [0.5, 0.6) is 0 Å². The van der Waals surface area contributed by atoms with Crippen molar-refractivity contribution in [1.29, 1.82) is 0 Å². The van der Waals surface area contributed by atoms with Crippen molar-refractivity contribution in [3.63, 3.8) is 0 Å². The Balaban J connectivity index is 2.57. The number of nitrogens with two attached hydrogens (primary N) is 1. The summed E-state index contributed by atoms with van der Waals surface area (Å²) in [4.78, 5) is 11.6. The van der Waals surface area contributed by atoms with Crippen molar-refractivity contribution in [2.75, 3.05) is 26.0 Å². The van der Waals surface area contributed by atoms with Gasteiger partial charge in [-0.2, -0.15) is 0 Å². The number of thioether (sulfide) groups is 1. The number of anilines is 1. The molecule has 0 saturated carbocycles. The Morgan fingerprint density at radius 2 is 2.05 bits per heavy atom. The van der Waals surface area contributed by atoms with Crippen LogP contribution in [0.4, 0.5) is 14.5 Å². The molecule has 112 valence electrons. The van der Waals surface area contributed by atoms with Crippen LogP contribution in [0.25, 0.3) is 0 Å². The summed E-state index contributed by atoms with van der Waals surface area (Å²) < 4.78 is 32.1. The van der Waals surface area contributed by atoms with Gasteiger partial charge in [-0.3, -0.25) is 4.79 Å². The lowest BCUT2D eigenvalue weighted by atomic mass is 10.3. The largest absolute Gasteiger partial charge is 0.399 e. The molecule has 0 aromatic heterocycles. The maximum atomic E-state index is 13.6. The van der Waals surface area contributed by atoms with E-state index in [1.54, 1.807) is 14.0 Å². The summed E-state index contributed by atoms with van der Waals surface area (Å²) >= 11 is 0.829. The van der Waals surface area contributed by atoms with Crippen LogP contribution in [0.3, 0.4) is 0 Å². The summed E-state index contributed by atoms with van der Waals surface area (Å²) in [6.07, 6.45) is 0.685. The summed E-state index contributed by atoms with van der Waals surface area (Å²) in [5.41, 5.74) is 5.35. The molecule has 0 aliphatic heterocycles. The molecule has 7 heteroatoms. The van der Waals surface area contributed by atoms with Gasteiger partial charge in [-0.15, -0.1) is 11.8 Å². The van der Waals surface area contributed by atoms with E-state index >= 15 is 0 Å². The van der Waals surface area contributed by atoms with E-state index in [1.807, 2.05) is 0 Å². The van der Waals surface area contributed by atoms with Crippen molar-refractivity contribution in [1.82, 2.24) is 5.32 Å². The van der Waals surface area contributed by atoms with Crippen molar-refractivity contribution in [2.24, 2.45) is 0 Å². The van der Waals surface area contributed by atoms with Gasteiger partial charge in [0.05, 0.1) is 10.1 Å². The Morgan fingerprint density at radius 1 is 1.45 bits per heavy atom. The molecular weight excluding hydrogens is 286 g/mol. The quantitative estimate of drug-likeness (QED) is 0.460. The van der Waals surface area contributed by atoms with Gasteiger partial charge in [-0.25, -0.2) is 8.78 Å². The smallest absolute Gasteiger partial charge is 0.233 e. The van der Waals surface area contributed by atoms with Gasteiger partial charge >= 0.3 is 0 Å². The van der Waals surface area contributed by atoms with E-state index < -0.39 is 16.9 Å². The number of carbonyl (C=O) groups is 1. The van der Waals surface area contributed by atoms with Crippen LogP contribution in [0.15, 0.2) is 17.0 Å². The Hall–Kier alpha value is -1.34. The minimum Gasteiger partial charge on any atom is -0.399 e. The van der Waals surface area contributed by atoms with E-state index in [9.17, 15) is 13.6 Å². The molecule has 1 aromatic rings. The minimum atomic E-state index is -0.758. The summed E-state index contributed by atoms with van der Waals surface area (Å²) in [7, 11) is 1.58. The fourth-order valence-electron chi connectivity index (χ4n) is 1.49. The van der Waals surface area contributed by atoms with E-state index in [-0.39, 0.29) is 16.5 Å². The number of nitrogen functional groups attached to an aromatic ring is 1. The second-order valence-electron chi connectivity index (χ2n) is 4.21. The summed E-state index contributed by atoms with van der Waals surface area (Å²) in [6, 6.07) is 2.07. The topological polar surface area (TPSA) is 64.3 Å². The van der Waals surface area contributed by atoms with E-state index in [0.29, 0.717) is 19.6 Å². The zero-order chi connectivity index (χ0) is 15.1. The second-order valence-corrected chi connectivity index (χ2v) is 5.56. The number of nitrogens with one attached hydrogen (secondary N) is 1. The zero-order valence-electron chi connectivity index (χ0n) is 11.4. The molecule has 1 unspecified atom stereocenters. The van der Waals surface area contributed by atoms with Crippen LogP contribution in [0, 0.1) is 11.6 Å². The van der Waals surface area contributed by atoms with Crippen LogP contribution >= 0.6 is 11.8 Å². The van der Waals surface area contributed by atoms with Crippen LogP contribution in [-0.2, 0) is 9.53 Å². The molecular formula is C13H18F2N2O2S. The van der Waals surface area contributed by atoms with Crippen LogP contribution in [-0.4, -0.2) is 31.4 Å². The van der Waals surface area contributed by atoms with Gasteiger partial charge in [0, 0.05) is 25.9 Å². The maximum Gasteiger partial charge on any atom is 0.233 e. The molecule has 0 aliphatic rings. The monoisotopic (exact) mass is 304 g/mol. The van der Waals surface area contributed by atoms with Gasteiger partial charge in [0.15, 0.2) is 0 Å². The Labute approximate surface area is 121 Å². The number of benzene rings is 1. The summed E-state index contributed by atoms with van der Waals surface area (Å²) in [5, 5.41) is 2.07. The number of ether oxygens (including phenoxy) is 1. The summed E-state index contributed by atoms with van der Waals surface area (Å²) in [5.74, 6) is -1.79. The third kappa shape index (κ3) is 4.97. The first-order chi connectivity index (χ1) is 9.45. The molecule has 1 amide bonds. The SMILES string of the molecule is COCCCNC(=O)C(C)Sc1c(F)cc(N)cc1F. The third-order valence-electron chi connectivity index (χ3n) is 2.51. The van der Waals surface area contributed by atoms with E-state index in [0.717, 1.165) is 23.9 Å². The van der Waals surface area contributed by atoms with Gasteiger partial charge in [0.2, 0.25) is 5.91 Å². The highest BCUT2D eigenvalue weighted by molar-refractivity contribution is 8.00. The van der Waals surface area contributed by atoms with Crippen molar-refractivity contribution in [3.8, 4) is 0 Å². The lowest BCUT2D eigenvalue weighted by Gasteiger charge is -2.13. The molecule has 0 fully saturated rings. The molecule has 1 rings (SSSR count). The Kier molecular flexibility index (Phi) is 6.74. The molecule has 0 heterocycles. The van der Waals surface area contributed by atoms with Crippen molar-refractivity contribution in [3.05, 3.63) is 23.8 Å². The first-order valence-electron chi connectivity index (χ1n) is 6.13. The summed E-state index contributed by atoms with van der Waals surface area (Å²) in [6.45, 7) is 2.60. The zero-order valence-corrected chi connectivity index (χ0v) is 12.2. The molecule has 0 radical (unpaired) electrons. The number of methoxy groups -OCH3 is 1. The normalized spacial score (nSPS) is 12.2. The van der Waals surface area contributed by atoms with Crippen molar-refractivity contribution in [2.45, 2.75) is 23.5 Å². The van der Waals surface area contributed by atoms with Gasteiger partial charge in [-0.1, -0.05) is 0 Å². The number of carbonyl (C=O) groups excluding carboxylic acids is 1. The second kappa shape index (κ2) is 8.06. The molecule has 1 atom stereocenters. The molecule has 4 nitrogen and oxygen atoms in total. The number of halogens is 2. The number of rotatable bonds is 7.